The van der Waals surface area contributed by atoms with Crippen LogP contribution in [0.1, 0.15) is 24.3 Å². The quantitative estimate of drug-likeness (QED) is 0.567. The molecule has 4 heteroatoms. The van der Waals surface area contributed by atoms with Crippen molar-refractivity contribution in [2.75, 3.05) is 0 Å². The summed E-state index contributed by atoms with van der Waals surface area (Å²) in [6, 6.07) is 24.1. The number of rotatable bonds is 3. The van der Waals surface area contributed by atoms with Crippen molar-refractivity contribution in [1.29, 1.82) is 0 Å². The Labute approximate surface area is 169 Å². The van der Waals surface area contributed by atoms with Crippen molar-refractivity contribution < 1.29 is 5.11 Å². The van der Waals surface area contributed by atoms with Crippen molar-refractivity contribution in [3.8, 4) is 22.4 Å². The highest BCUT2D eigenvalue weighted by atomic mass is 16.3. The molecule has 2 heterocycles. The number of pyridine rings is 2. The highest BCUT2D eigenvalue weighted by Crippen LogP contribution is 2.38. The highest BCUT2D eigenvalue weighted by Gasteiger charge is 2.28. The third-order valence-corrected chi connectivity index (χ3v) is 5.96. The summed E-state index contributed by atoms with van der Waals surface area (Å²) >= 11 is 0. The van der Waals surface area contributed by atoms with Gasteiger partial charge in [-0.3, -0.25) is 4.79 Å². The van der Waals surface area contributed by atoms with Crippen LogP contribution in [0.5, 0.6) is 0 Å². The van der Waals surface area contributed by atoms with E-state index < -0.39 is 0 Å². The third kappa shape index (κ3) is 3.15. The summed E-state index contributed by atoms with van der Waals surface area (Å²) in [5.41, 5.74) is 6.87. The average molecular weight is 382 g/mol. The fourth-order valence-electron chi connectivity index (χ4n) is 4.12. The zero-order valence-electron chi connectivity index (χ0n) is 16.2. The molecule has 4 nitrogen and oxygen atoms in total. The van der Waals surface area contributed by atoms with Crippen LogP contribution in [0.15, 0.2) is 77.6 Å². The minimum Gasteiger partial charge on any atom is -0.393 e. The first-order chi connectivity index (χ1) is 14.1. The molecule has 0 unspecified atom stereocenters. The Morgan fingerprint density at radius 2 is 1.66 bits per heavy atom. The molecule has 0 aliphatic heterocycles. The van der Waals surface area contributed by atoms with E-state index in [2.05, 4.69) is 42.5 Å². The minimum atomic E-state index is -0.154. The van der Waals surface area contributed by atoms with E-state index in [0.29, 0.717) is 5.92 Å². The molecule has 2 aromatic carbocycles. The smallest absolute Gasteiger partial charge is 0.250 e. The van der Waals surface area contributed by atoms with E-state index in [9.17, 15) is 9.90 Å². The molecule has 0 bridgehead atoms. The average Bonchev–Trinajstić information content (AvgIpc) is 2.74. The summed E-state index contributed by atoms with van der Waals surface area (Å²) in [4.78, 5) is 17.1. The van der Waals surface area contributed by atoms with Crippen molar-refractivity contribution >= 4 is 11.0 Å². The van der Waals surface area contributed by atoms with Crippen molar-refractivity contribution in [1.82, 2.24) is 9.55 Å². The van der Waals surface area contributed by atoms with Gasteiger partial charge in [0, 0.05) is 24.2 Å². The number of fused-ring (bicyclic) bond motifs is 1. The van der Waals surface area contributed by atoms with Gasteiger partial charge in [-0.2, -0.15) is 0 Å². The molecule has 0 amide bonds. The Morgan fingerprint density at radius 3 is 2.34 bits per heavy atom. The fraction of sp³-hybridized carbons (Fsp3) is 0.200. The van der Waals surface area contributed by atoms with Gasteiger partial charge in [-0.05, 0) is 42.0 Å². The number of hydrogen-bond donors (Lipinski definition) is 1. The summed E-state index contributed by atoms with van der Waals surface area (Å²) in [5.74, 6) is 0.451. The van der Waals surface area contributed by atoms with Gasteiger partial charge in [0.25, 0.3) is 5.56 Å². The molecule has 1 fully saturated rings. The second-order valence-electron chi connectivity index (χ2n) is 7.83. The molecule has 1 saturated carbocycles. The van der Waals surface area contributed by atoms with Gasteiger partial charge in [0.05, 0.1) is 22.8 Å². The topological polar surface area (TPSA) is 55.1 Å². The summed E-state index contributed by atoms with van der Waals surface area (Å²) in [5, 5.41) is 9.58. The zero-order chi connectivity index (χ0) is 20.0. The van der Waals surface area contributed by atoms with E-state index in [1.165, 1.54) is 5.56 Å². The Bertz CT molecular complexity index is 1240. The van der Waals surface area contributed by atoms with Crippen molar-refractivity contribution in [3.05, 3.63) is 88.7 Å². The van der Waals surface area contributed by atoms with Crippen LogP contribution >= 0.6 is 0 Å². The number of aromatic nitrogens is 2. The minimum absolute atomic E-state index is 0.0434. The lowest BCUT2D eigenvalue weighted by Crippen LogP contribution is -2.26. The summed E-state index contributed by atoms with van der Waals surface area (Å²) in [6.45, 7) is 0. The fourth-order valence-corrected chi connectivity index (χ4v) is 4.12. The molecule has 144 valence electrons. The zero-order valence-corrected chi connectivity index (χ0v) is 16.2. The van der Waals surface area contributed by atoms with Crippen molar-refractivity contribution in [3.63, 3.8) is 0 Å². The van der Waals surface area contributed by atoms with E-state index in [4.69, 9.17) is 4.98 Å². The predicted octanol–water partition coefficient (Wildman–Crippen LogP) is 4.51. The molecule has 0 radical (unpaired) electrons. The van der Waals surface area contributed by atoms with Crippen LogP contribution in [0.4, 0.5) is 0 Å². The largest absolute Gasteiger partial charge is 0.393 e. The van der Waals surface area contributed by atoms with Crippen LogP contribution in [-0.4, -0.2) is 20.8 Å². The van der Waals surface area contributed by atoms with Crippen LogP contribution in [-0.2, 0) is 7.05 Å². The molecule has 4 aromatic rings. The summed E-state index contributed by atoms with van der Waals surface area (Å²) in [7, 11) is 1.78. The Kier molecular flexibility index (Phi) is 4.29. The molecular formula is C25H22N2O2. The van der Waals surface area contributed by atoms with Crippen molar-refractivity contribution in [2.24, 2.45) is 7.05 Å². The molecule has 2 aromatic heterocycles. The highest BCUT2D eigenvalue weighted by molar-refractivity contribution is 5.90. The monoisotopic (exact) mass is 382 g/mol. The maximum atomic E-state index is 12.1. The second-order valence-corrected chi connectivity index (χ2v) is 7.83. The van der Waals surface area contributed by atoms with E-state index in [0.717, 1.165) is 46.3 Å². The molecule has 1 aliphatic rings. The number of aryl methyl sites for hydroxylation is 1. The van der Waals surface area contributed by atoms with Gasteiger partial charge in [-0.1, -0.05) is 54.6 Å². The molecule has 0 atom stereocenters. The first-order valence-corrected chi connectivity index (χ1v) is 9.95. The molecule has 0 spiro atoms. The van der Waals surface area contributed by atoms with Gasteiger partial charge < -0.3 is 9.67 Å². The van der Waals surface area contributed by atoms with Crippen LogP contribution < -0.4 is 5.56 Å². The van der Waals surface area contributed by atoms with E-state index in [-0.39, 0.29) is 11.7 Å². The van der Waals surface area contributed by atoms with Crippen LogP contribution in [0.2, 0.25) is 0 Å². The van der Waals surface area contributed by atoms with E-state index >= 15 is 0 Å². The molecule has 29 heavy (non-hydrogen) atoms. The second kappa shape index (κ2) is 6.98. The molecule has 1 aliphatic carbocycles. The van der Waals surface area contributed by atoms with Crippen LogP contribution in [0.3, 0.4) is 0 Å². The molecule has 1 N–H and O–H groups in total. The number of aliphatic hydroxyl groups is 1. The SMILES string of the molecule is Cn1c(=O)ccc2nc(-c3ccc(C4CC(O)C4)cc3)c(-c3ccccc3)cc21. The van der Waals surface area contributed by atoms with Crippen molar-refractivity contribution in [2.45, 2.75) is 24.9 Å². The normalized spacial score (nSPS) is 18.6. The van der Waals surface area contributed by atoms with Gasteiger partial charge in [-0.15, -0.1) is 0 Å². The Balaban J connectivity index is 1.67. The van der Waals surface area contributed by atoms with Gasteiger partial charge in [-0.25, -0.2) is 4.98 Å². The third-order valence-electron chi connectivity index (χ3n) is 5.96. The predicted molar refractivity (Wildman–Crippen MR) is 116 cm³/mol. The molecular weight excluding hydrogens is 360 g/mol. The molecule has 5 rings (SSSR count). The first kappa shape index (κ1) is 17.8. The van der Waals surface area contributed by atoms with E-state index in [1.807, 2.05) is 18.2 Å². The molecule has 0 saturated heterocycles. The maximum absolute atomic E-state index is 12.1. The standard InChI is InChI=1S/C25H22N2O2/c1-27-23-15-21(17-5-3-2-4-6-17)25(26-22(23)11-12-24(27)29)18-9-7-16(8-10-18)19-13-20(28)14-19/h2-12,15,19-20,28H,13-14H2,1H3. The van der Waals surface area contributed by atoms with Gasteiger partial charge in [0.2, 0.25) is 0 Å². The summed E-state index contributed by atoms with van der Waals surface area (Å²) in [6.07, 6.45) is 1.53. The number of aliphatic hydroxyl groups excluding tert-OH is 1. The Hall–Kier alpha value is -3.24. The van der Waals surface area contributed by atoms with E-state index in [1.54, 1.807) is 23.7 Å². The first-order valence-electron chi connectivity index (χ1n) is 9.95. The number of benzene rings is 2. The Morgan fingerprint density at radius 1 is 0.931 bits per heavy atom. The lowest BCUT2D eigenvalue weighted by Gasteiger charge is -2.31. The van der Waals surface area contributed by atoms with Crippen LogP contribution in [0, 0.1) is 0 Å². The summed E-state index contributed by atoms with van der Waals surface area (Å²) < 4.78 is 1.64. The number of nitrogens with zero attached hydrogens (tertiary/aromatic N) is 2. The van der Waals surface area contributed by atoms with Gasteiger partial charge in [0.1, 0.15) is 0 Å². The lowest BCUT2D eigenvalue weighted by atomic mass is 9.77. The van der Waals surface area contributed by atoms with Crippen LogP contribution in [0.25, 0.3) is 33.4 Å². The number of hydrogen-bond acceptors (Lipinski definition) is 3. The van der Waals surface area contributed by atoms with Gasteiger partial charge >= 0.3 is 0 Å². The lowest BCUT2D eigenvalue weighted by molar-refractivity contribution is 0.0746. The maximum Gasteiger partial charge on any atom is 0.250 e. The van der Waals surface area contributed by atoms with Gasteiger partial charge in [0.15, 0.2) is 0 Å².